The molecule has 0 aromatic heterocycles. The fraction of sp³-hybridized carbons (Fsp3) is 0.556. The Hall–Kier alpha value is -2.06. The van der Waals surface area contributed by atoms with E-state index >= 15 is 0 Å². The summed E-state index contributed by atoms with van der Waals surface area (Å²) in [6.45, 7) is 9.94. The van der Waals surface area contributed by atoms with Crippen LogP contribution in [0.15, 0.2) is 18.2 Å². The van der Waals surface area contributed by atoms with Crippen molar-refractivity contribution >= 4 is 11.6 Å². The van der Waals surface area contributed by atoms with Gasteiger partial charge in [0.25, 0.3) is 5.91 Å². The van der Waals surface area contributed by atoms with Gasteiger partial charge in [0.05, 0.1) is 17.4 Å². The molecule has 0 aliphatic carbocycles. The van der Waals surface area contributed by atoms with Crippen LogP contribution >= 0.6 is 0 Å². The zero-order valence-electron chi connectivity index (χ0n) is 14.6. The molecule has 1 aromatic carbocycles. The molecule has 0 saturated heterocycles. The van der Waals surface area contributed by atoms with E-state index in [2.05, 4.69) is 11.4 Å². The van der Waals surface area contributed by atoms with Crippen LogP contribution in [0.4, 0.5) is 5.69 Å². The van der Waals surface area contributed by atoms with Crippen molar-refractivity contribution in [3.8, 4) is 11.8 Å². The molecule has 5 nitrogen and oxygen atoms in total. The standard InChI is InChI=1S/C18H26N2O3/c1-6-13(4)23-15-9-10-16(14(11-15)12-19)20-17(21)18(5,7-2)22-8-3/h9-11,13H,6-8H2,1-5H3,(H,20,21). The van der Waals surface area contributed by atoms with Crippen molar-refractivity contribution in [3.63, 3.8) is 0 Å². The fourth-order valence-electron chi connectivity index (χ4n) is 2.02. The van der Waals surface area contributed by atoms with Crippen LogP contribution in [-0.2, 0) is 9.53 Å². The number of carbonyl (C=O) groups excluding carboxylic acids is 1. The first-order valence-corrected chi connectivity index (χ1v) is 8.06. The van der Waals surface area contributed by atoms with Crippen molar-refractivity contribution < 1.29 is 14.3 Å². The minimum atomic E-state index is -0.909. The Balaban J connectivity index is 2.97. The fourth-order valence-corrected chi connectivity index (χ4v) is 2.02. The van der Waals surface area contributed by atoms with Crippen molar-refractivity contribution in [1.82, 2.24) is 0 Å². The van der Waals surface area contributed by atoms with Gasteiger partial charge in [-0.3, -0.25) is 4.79 Å². The molecule has 0 aliphatic heterocycles. The van der Waals surface area contributed by atoms with Gasteiger partial charge in [-0.05, 0) is 45.7 Å². The van der Waals surface area contributed by atoms with Gasteiger partial charge in [0, 0.05) is 12.7 Å². The highest BCUT2D eigenvalue weighted by Gasteiger charge is 2.32. The van der Waals surface area contributed by atoms with E-state index in [1.165, 1.54) is 0 Å². The molecule has 0 aliphatic rings. The number of hydrogen-bond acceptors (Lipinski definition) is 4. The van der Waals surface area contributed by atoms with Gasteiger partial charge in [0.1, 0.15) is 17.4 Å². The molecule has 0 heterocycles. The summed E-state index contributed by atoms with van der Waals surface area (Å²) in [4.78, 5) is 12.5. The molecule has 1 aromatic rings. The topological polar surface area (TPSA) is 71.3 Å². The largest absolute Gasteiger partial charge is 0.491 e. The van der Waals surface area contributed by atoms with Crippen LogP contribution in [0.25, 0.3) is 0 Å². The molecule has 126 valence electrons. The van der Waals surface area contributed by atoms with E-state index in [1.54, 1.807) is 25.1 Å². The highest BCUT2D eigenvalue weighted by molar-refractivity contribution is 5.98. The maximum absolute atomic E-state index is 12.5. The first kappa shape index (κ1) is 19.0. The van der Waals surface area contributed by atoms with Crippen molar-refractivity contribution in [2.75, 3.05) is 11.9 Å². The SMILES string of the molecule is CCOC(C)(CC)C(=O)Nc1ccc(OC(C)CC)cc1C#N. The first-order valence-electron chi connectivity index (χ1n) is 8.06. The molecule has 0 fully saturated rings. The lowest BCUT2D eigenvalue weighted by Gasteiger charge is -2.27. The number of nitrogens with zero attached hydrogens (tertiary/aromatic N) is 1. The summed E-state index contributed by atoms with van der Waals surface area (Å²) in [6.07, 6.45) is 1.50. The number of hydrogen-bond donors (Lipinski definition) is 1. The monoisotopic (exact) mass is 318 g/mol. The summed E-state index contributed by atoms with van der Waals surface area (Å²) in [5.74, 6) is 0.367. The third-order valence-corrected chi connectivity index (χ3v) is 3.89. The molecular weight excluding hydrogens is 292 g/mol. The number of nitriles is 1. The lowest BCUT2D eigenvalue weighted by molar-refractivity contribution is -0.139. The average Bonchev–Trinajstić information content (AvgIpc) is 2.55. The van der Waals surface area contributed by atoms with Crippen molar-refractivity contribution in [2.45, 2.75) is 59.2 Å². The Morgan fingerprint density at radius 3 is 2.61 bits per heavy atom. The minimum absolute atomic E-state index is 0.0725. The predicted octanol–water partition coefficient (Wildman–Crippen LogP) is 3.88. The Morgan fingerprint density at radius 1 is 1.39 bits per heavy atom. The van der Waals surface area contributed by atoms with Crippen LogP contribution in [0, 0.1) is 11.3 Å². The number of amides is 1. The predicted molar refractivity (Wildman–Crippen MR) is 90.5 cm³/mol. The molecule has 5 heteroatoms. The van der Waals surface area contributed by atoms with Crippen LogP contribution < -0.4 is 10.1 Å². The van der Waals surface area contributed by atoms with Crippen LogP contribution in [0.1, 0.15) is 53.0 Å². The third kappa shape index (κ3) is 4.97. The summed E-state index contributed by atoms with van der Waals surface area (Å²) in [6, 6.07) is 7.19. The number of nitrogens with one attached hydrogen (secondary N) is 1. The van der Waals surface area contributed by atoms with Crippen LogP contribution in [0.5, 0.6) is 5.75 Å². The Kier molecular flexibility index (Phi) is 7.05. The van der Waals surface area contributed by atoms with Gasteiger partial charge in [-0.2, -0.15) is 5.26 Å². The summed E-state index contributed by atoms with van der Waals surface area (Å²) in [5.41, 5.74) is -0.0737. The lowest BCUT2D eigenvalue weighted by atomic mass is 10.0. The summed E-state index contributed by atoms with van der Waals surface area (Å²) in [7, 11) is 0. The van der Waals surface area contributed by atoms with Gasteiger partial charge in [0.2, 0.25) is 0 Å². The van der Waals surface area contributed by atoms with E-state index in [-0.39, 0.29) is 12.0 Å². The Bertz CT molecular complexity index is 580. The van der Waals surface area contributed by atoms with E-state index in [0.29, 0.717) is 30.0 Å². The van der Waals surface area contributed by atoms with E-state index < -0.39 is 5.60 Å². The second kappa shape index (κ2) is 8.54. The molecule has 2 unspecified atom stereocenters. The molecule has 0 saturated carbocycles. The number of ether oxygens (including phenoxy) is 2. The van der Waals surface area contributed by atoms with Crippen LogP contribution in [0.2, 0.25) is 0 Å². The van der Waals surface area contributed by atoms with E-state index in [1.807, 2.05) is 27.7 Å². The first-order chi connectivity index (χ1) is 10.9. The smallest absolute Gasteiger partial charge is 0.256 e. The molecule has 0 bridgehead atoms. The minimum Gasteiger partial charge on any atom is -0.491 e. The summed E-state index contributed by atoms with van der Waals surface area (Å²) in [5, 5.41) is 12.1. The molecule has 1 rings (SSSR count). The van der Waals surface area contributed by atoms with Crippen molar-refractivity contribution in [1.29, 1.82) is 5.26 Å². The second-order valence-corrected chi connectivity index (χ2v) is 5.63. The van der Waals surface area contributed by atoms with E-state index in [0.717, 1.165) is 6.42 Å². The van der Waals surface area contributed by atoms with Crippen molar-refractivity contribution in [3.05, 3.63) is 23.8 Å². The molecule has 1 amide bonds. The number of anilines is 1. The van der Waals surface area contributed by atoms with Crippen LogP contribution in [0.3, 0.4) is 0 Å². The maximum atomic E-state index is 12.5. The van der Waals surface area contributed by atoms with E-state index in [4.69, 9.17) is 9.47 Å². The van der Waals surface area contributed by atoms with Gasteiger partial charge >= 0.3 is 0 Å². The average molecular weight is 318 g/mol. The number of rotatable bonds is 8. The van der Waals surface area contributed by atoms with Gasteiger partial charge in [-0.1, -0.05) is 13.8 Å². The highest BCUT2D eigenvalue weighted by Crippen LogP contribution is 2.25. The van der Waals surface area contributed by atoms with Gasteiger partial charge in [-0.25, -0.2) is 0 Å². The molecule has 0 spiro atoms. The van der Waals surface area contributed by atoms with E-state index in [9.17, 15) is 10.1 Å². The number of carbonyl (C=O) groups is 1. The van der Waals surface area contributed by atoms with Gasteiger partial charge < -0.3 is 14.8 Å². The molecule has 23 heavy (non-hydrogen) atoms. The Morgan fingerprint density at radius 2 is 2.09 bits per heavy atom. The highest BCUT2D eigenvalue weighted by atomic mass is 16.5. The zero-order valence-corrected chi connectivity index (χ0v) is 14.6. The van der Waals surface area contributed by atoms with Gasteiger partial charge in [-0.15, -0.1) is 0 Å². The molecule has 0 radical (unpaired) electrons. The maximum Gasteiger partial charge on any atom is 0.256 e. The third-order valence-electron chi connectivity index (χ3n) is 3.89. The number of benzene rings is 1. The second-order valence-electron chi connectivity index (χ2n) is 5.63. The quantitative estimate of drug-likeness (QED) is 0.789. The molecule has 2 atom stereocenters. The summed E-state index contributed by atoms with van der Waals surface area (Å²) >= 11 is 0. The molecular formula is C18H26N2O3. The van der Waals surface area contributed by atoms with Crippen molar-refractivity contribution in [2.24, 2.45) is 0 Å². The van der Waals surface area contributed by atoms with Gasteiger partial charge in [0.15, 0.2) is 0 Å². The molecule has 1 N–H and O–H groups in total. The normalized spacial score (nSPS) is 14.4. The van der Waals surface area contributed by atoms with Crippen LogP contribution in [-0.4, -0.2) is 24.2 Å². The zero-order chi connectivity index (χ0) is 17.5. The summed E-state index contributed by atoms with van der Waals surface area (Å²) < 4.78 is 11.3. The Labute approximate surface area is 138 Å². The lowest BCUT2D eigenvalue weighted by Crippen LogP contribution is -2.42.